The van der Waals surface area contributed by atoms with Gasteiger partial charge in [-0.1, -0.05) is 60.1 Å². The first kappa shape index (κ1) is 42.4. The van der Waals surface area contributed by atoms with Crippen LogP contribution >= 0.6 is 0 Å². The molecule has 0 unspecified atom stereocenters. The summed E-state index contributed by atoms with van der Waals surface area (Å²) >= 11 is 0. The molecule has 5 aliphatic carbocycles. The summed E-state index contributed by atoms with van der Waals surface area (Å²) in [5, 5.41) is 84.1. The second-order valence-electron chi connectivity index (χ2n) is 20.7. The molecule has 2 saturated heterocycles. The maximum absolute atomic E-state index is 13.0. The maximum Gasteiger partial charge on any atom is 0.335 e. The third kappa shape index (κ3) is 6.17. The molecule has 2 aliphatic heterocycles. The molecule has 14 heteroatoms. The topological polar surface area (TPSA) is 233 Å². The SMILES string of the molecule is CC1(C)CC[C@]2(C(=O)O)CC[C@]3(C)C(=CC[C@@H]4[C@@]5(C)CC[C@H](O[C@H]6O[C@@H](C(=O)O)[C@@H](O)[C@H](O[C@@H]7O[C@H](CO)[C@@H](O)[C@H](O)[C@H]7O)[C@H]6O)C(C)(C)[C@@H]5CC[C@]43C)[C@@H]2C1. The van der Waals surface area contributed by atoms with Crippen molar-refractivity contribution in [2.45, 2.75) is 180 Å². The second-order valence-corrected chi connectivity index (χ2v) is 20.7. The fourth-order valence-electron chi connectivity index (χ4n) is 13.7. The predicted octanol–water partition coefficient (Wildman–Crippen LogP) is 2.97. The quantitative estimate of drug-likeness (QED) is 0.137. The normalized spacial score (nSPS) is 52.3. The first-order valence-corrected chi connectivity index (χ1v) is 20.8. The van der Waals surface area contributed by atoms with Crippen LogP contribution in [0.1, 0.15) is 113 Å². The molecule has 14 nitrogen and oxygen atoms in total. The van der Waals surface area contributed by atoms with Gasteiger partial charge in [-0.25, -0.2) is 4.79 Å². The highest BCUT2D eigenvalue weighted by molar-refractivity contribution is 5.76. The molecule has 0 bridgehead atoms. The van der Waals surface area contributed by atoms with Gasteiger partial charge in [0.1, 0.15) is 42.7 Å². The number of aliphatic hydroxyl groups is 6. The van der Waals surface area contributed by atoms with Crippen LogP contribution in [-0.2, 0) is 28.5 Å². The van der Waals surface area contributed by atoms with E-state index in [1.807, 2.05) is 0 Å². The molecule has 0 spiro atoms. The number of fused-ring (bicyclic) bond motifs is 7. The summed E-state index contributed by atoms with van der Waals surface area (Å²) in [6.07, 6.45) is -7.02. The summed E-state index contributed by atoms with van der Waals surface area (Å²) in [5.41, 5.74) is -0.0185. The minimum absolute atomic E-state index is 0.0231. The molecule has 6 fully saturated rings. The van der Waals surface area contributed by atoms with Gasteiger partial charge in [0.05, 0.1) is 18.1 Å². The zero-order chi connectivity index (χ0) is 41.1. The van der Waals surface area contributed by atoms with Gasteiger partial charge in [-0.3, -0.25) is 4.79 Å². The molecule has 18 atom stereocenters. The molecule has 7 rings (SSSR count). The van der Waals surface area contributed by atoms with Gasteiger partial charge in [-0.2, -0.15) is 0 Å². The Labute approximate surface area is 329 Å². The standard InChI is InChI=1S/C42H66O14/c1-37(2)14-16-42(36(51)52)17-15-40(6)20(21(42)18-37)8-9-24-39(5)12-11-25(38(3,4)23(39)10-13-41(24,40)7)54-35-30(48)31(29(47)32(56-35)33(49)50)55-34-28(46)27(45)26(44)22(19-43)53-34/h8,21-32,34-35,43-48H,9-19H2,1-7H3,(H,49,50)(H,51,52)/t21-,22+,23-,24+,25-,26+,27-,28+,29-,30+,31-,32+,34-,35-,39-,40+,41+,42-/m0/s1. The highest BCUT2D eigenvalue weighted by Crippen LogP contribution is 2.76. The van der Waals surface area contributed by atoms with E-state index in [2.05, 4.69) is 54.5 Å². The van der Waals surface area contributed by atoms with Crippen molar-refractivity contribution in [3.05, 3.63) is 11.6 Å². The Morgan fingerprint density at radius 1 is 0.750 bits per heavy atom. The molecule has 2 heterocycles. The van der Waals surface area contributed by atoms with Gasteiger partial charge >= 0.3 is 11.9 Å². The number of carboxylic acid groups (broad SMARTS) is 2. The molecule has 4 saturated carbocycles. The second kappa shape index (κ2) is 14.2. The van der Waals surface area contributed by atoms with E-state index in [9.17, 15) is 50.4 Å². The third-order valence-electron chi connectivity index (χ3n) is 17.2. The minimum atomic E-state index is -1.93. The number of ether oxygens (including phenoxy) is 4. The van der Waals surface area contributed by atoms with Gasteiger partial charge in [-0.05, 0) is 109 Å². The van der Waals surface area contributed by atoms with Crippen molar-refractivity contribution in [1.82, 2.24) is 0 Å². The number of carboxylic acids is 2. The maximum atomic E-state index is 13.0. The van der Waals surface area contributed by atoms with E-state index in [-0.39, 0.29) is 33.5 Å². The highest BCUT2D eigenvalue weighted by Gasteiger charge is 2.69. The lowest BCUT2D eigenvalue weighted by molar-refractivity contribution is -0.365. The van der Waals surface area contributed by atoms with Gasteiger partial charge in [0.15, 0.2) is 18.7 Å². The molecular weight excluding hydrogens is 728 g/mol. The summed E-state index contributed by atoms with van der Waals surface area (Å²) < 4.78 is 23.5. The summed E-state index contributed by atoms with van der Waals surface area (Å²) in [6.45, 7) is 15.4. The van der Waals surface area contributed by atoms with E-state index in [1.165, 1.54) is 5.57 Å². The van der Waals surface area contributed by atoms with Crippen molar-refractivity contribution >= 4 is 11.9 Å². The van der Waals surface area contributed by atoms with E-state index in [1.54, 1.807) is 0 Å². The Morgan fingerprint density at radius 3 is 2.05 bits per heavy atom. The molecule has 0 radical (unpaired) electrons. The molecule has 0 aromatic rings. The van der Waals surface area contributed by atoms with E-state index >= 15 is 0 Å². The zero-order valence-electron chi connectivity index (χ0n) is 34.0. The molecule has 8 N–H and O–H groups in total. The smallest absolute Gasteiger partial charge is 0.335 e. The number of allylic oxidation sites excluding steroid dienone is 2. The van der Waals surface area contributed by atoms with Crippen LogP contribution in [0.2, 0.25) is 0 Å². The Hall–Kier alpha value is -1.72. The number of rotatable bonds is 7. The van der Waals surface area contributed by atoms with E-state index < -0.39 is 96.9 Å². The Morgan fingerprint density at radius 2 is 1.41 bits per heavy atom. The number of hydrogen-bond acceptors (Lipinski definition) is 12. The van der Waals surface area contributed by atoms with Crippen molar-refractivity contribution < 1.29 is 69.4 Å². The Bertz CT molecular complexity index is 1560. The van der Waals surface area contributed by atoms with Gasteiger partial charge in [0.25, 0.3) is 0 Å². The summed E-state index contributed by atoms with van der Waals surface area (Å²) in [6, 6.07) is 0. The van der Waals surface area contributed by atoms with Crippen LogP contribution in [0.5, 0.6) is 0 Å². The largest absolute Gasteiger partial charge is 0.481 e. The molecular formula is C42H66O14. The number of hydrogen-bond donors (Lipinski definition) is 8. The average Bonchev–Trinajstić information content (AvgIpc) is 3.11. The zero-order valence-corrected chi connectivity index (χ0v) is 34.0. The number of carbonyl (C=O) groups is 2. The number of aliphatic hydroxyl groups excluding tert-OH is 6. The van der Waals surface area contributed by atoms with Crippen LogP contribution in [-0.4, -0.2) is 127 Å². The highest BCUT2D eigenvalue weighted by atomic mass is 16.7. The molecule has 0 aromatic heterocycles. The van der Waals surface area contributed by atoms with Gasteiger partial charge in [0, 0.05) is 0 Å². The fourth-order valence-corrected chi connectivity index (χ4v) is 13.7. The summed E-state index contributed by atoms with van der Waals surface area (Å²) in [5.74, 6) is -1.64. The lowest BCUT2D eigenvalue weighted by Crippen LogP contribution is -2.67. The summed E-state index contributed by atoms with van der Waals surface area (Å²) in [7, 11) is 0. The molecule has 7 aliphatic rings. The average molecular weight is 795 g/mol. The van der Waals surface area contributed by atoms with E-state index in [0.717, 1.165) is 51.4 Å². The van der Waals surface area contributed by atoms with Crippen LogP contribution in [0.25, 0.3) is 0 Å². The fraction of sp³-hybridized carbons (Fsp3) is 0.905. The van der Waals surface area contributed by atoms with Crippen LogP contribution in [0.4, 0.5) is 0 Å². The molecule has 56 heavy (non-hydrogen) atoms. The van der Waals surface area contributed by atoms with Crippen molar-refractivity contribution in [2.24, 2.45) is 50.2 Å². The monoisotopic (exact) mass is 794 g/mol. The van der Waals surface area contributed by atoms with Crippen LogP contribution in [0.3, 0.4) is 0 Å². The van der Waals surface area contributed by atoms with E-state index in [0.29, 0.717) is 18.8 Å². The lowest BCUT2D eigenvalue weighted by Gasteiger charge is -2.71. The molecule has 0 amide bonds. The van der Waals surface area contributed by atoms with Crippen LogP contribution in [0.15, 0.2) is 11.6 Å². The predicted molar refractivity (Wildman–Crippen MR) is 198 cm³/mol. The lowest BCUT2D eigenvalue weighted by atomic mass is 9.33. The van der Waals surface area contributed by atoms with Gasteiger partial charge in [0.2, 0.25) is 0 Å². The van der Waals surface area contributed by atoms with Gasteiger partial charge in [-0.15, -0.1) is 0 Å². The van der Waals surface area contributed by atoms with E-state index in [4.69, 9.17) is 18.9 Å². The summed E-state index contributed by atoms with van der Waals surface area (Å²) in [4.78, 5) is 25.4. The first-order chi connectivity index (χ1) is 26.0. The Kier molecular flexibility index (Phi) is 10.8. The van der Waals surface area contributed by atoms with Crippen molar-refractivity contribution in [3.8, 4) is 0 Å². The number of aliphatic carboxylic acids is 2. The van der Waals surface area contributed by atoms with Crippen LogP contribution < -0.4 is 0 Å². The van der Waals surface area contributed by atoms with Crippen molar-refractivity contribution in [2.75, 3.05) is 6.61 Å². The van der Waals surface area contributed by atoms with Crippen molar-refractivity contribution in [3.63, 3.8) is 0 Å². The molecule has 0 aromatic carbocycles. The van der Waals surface area contributed by atoms with Crippen LogP contribution in [0, 0.1) is 50.2 Å². The minimum Gasteiger partial charge on any atom is -0.481 e. The third-order valence-corrected chi connectivity index (χ3v) is 17.2. The van der Waals surface area contributed by atoms with Gasteiger partial charge < -0.3 is 59.8 Å². The first-order valence-electron chi connectivity index (χ1n) is 20.8. The Balaban J connectivity index is 1.13. The van der Waals surface area contributed by atoms with Crippen molar-refractivity contribution in [1.29, 1.82) is 0 Å². The molecule has 318 valence electrons.